The number of nitrogens with zero attached hydrogens (tertiary/aromatic N) is 1. The van der Waals surface area contributed by atoms with Gasteiger partial charge >= 0.3 is 0 Å². The van der Waals surface area contributed by atoms with Crippen LogP contribution < -0.4 is 4.74 Å². The molecule has 0 bridgehead atoms. The first kappa shape index (κ1) is 17.6. The van der Waals surface area contributed by atoms with Gasteiger partial charge in [0.15, 0.2) is 0 Å². The number of unbranched alkanes of at least 4 members (excludes halogenated alkanes) is 1. The predicted octanol–water partition coefficient (Wildman–Crippen LogP) is 4.08. The summed E-state index contributed by atoms with van der Waals surface area (Å²) >= 11 is 6.10. The molecule has 0 N–H and O–H groups in total. The second kappa shape index (κ2) is 8.18. The maximum Gasteiger partial charge on any atom is 0.243 e. The Morgan fingerprint density at radius 2 is 1.86 bits per heavy atom. The van der Waals surface area contributed by atoms with Crippen LogP contribution in [-0.4, -0.2) is 32.4 Å². The highest BCUT2D eigenvalue weighted by molar-refractivity contribution is 7.89. The zero-order valence-corrected chi connectivity index (χ0v) is 14.6. The van der Waals surface area contributed by atoms with E-state index in [4.69, 9.17) is 16.3 Å². The number of benzene rings is 1. The number of hydrogen-bond acceptors (Lipinski definition) is 3. The summed E-state index contributed by atoms with van der Waals surface area (Å²) in [6, 6.07) is 4.72. The molecule has 0 atom stereocenters. The summed E-state index contributed by atoms with van der Waals surface area (Å²) in [6.07, 6.45) is 5.97. The van der Waals surface area contributed by atoms with E-state index in [0.29, 0.717) is 30.5 Å². The molecule has 0 aromatic heterocycles. The van der Waals surface area contributed by atoms with Crippen LogP contribution in [0.4, 0.5) is 0 Å². The molecular formula is C16H24ClNO3S. The van der Waals surface area contributed by atoms with Gasteiger partial charge in [0, 0.05) is 19.2 Å². The summed E-state index contributed by atoms with van der Waals surface area (Å²) in [5, 5.41) is 0.450. The van der Waals surface area contributed by atoms with E-state index in [1.165, 1.54) is 0 Å². The summed E-state index contributed by atoms with van der Waals surface area (Å²) in [7, 11) is -3.46. The summed E-state index contributed by atoms with van der Waals surface area (Å²) in [6.45, 7) is 3.81. The van der Waals surface area contributed by atoms with E-state index < -0.39 is 10.0 Å². The van der Waals surface area contributed by atoms with E-state index in [-0.39, 0.29) is 4.90 Å². The molecule has 0 saturated carbocycles. The van der Waals surface area contributed by atoms with E-state index in [0.717, 1.165) is 38.5 Å². The molecule has 1 heterocycles. The van der Waals surface area contributed by atoms with E-state index in [9.17, 15) is 8.42 Å². The van der Waals surface area contributed by atoms with Crippen LogP contribution in [0.1, 0.15) is 45.4 Å². The van der Waals surface area contributed by atoms with Crippen LogP contribution >= 0.6 is 11.6 Å². The fourth-order valence-corrected chi connectivity index (χ4v) is 4.22. The second-order valence-electron chi connectivity index (χ2n) is 5.61. The van der Waals surface area contributed by atoms with Gasteiger partial charge in [-0.05, 0) is 31.4 Å². The van der Waals surface area contributed by atoms with Crippen molar-refractivity contribution in [2.24, 2.45) is 0 Å². The van der Waals surface area contributed by atoms with Gasteiger partial charge in [-0.25, -0.2) is 8.42 Å². The van der Waals surface area contributed by atoms with Gasteiger partial charge < -0.3 is 4.74 Å². The van der Waals surface area contributed by atoms with Gasteiger partial charge in [0.05, 0.1) is 16.5 Å². The molecule has 6 heteroatoms. The lowest BCUT2D eigenvalue weighted by atomic mass is 10.2. The molecular weight excluding hydrogens is 322 g/mol. The number of halogens is 1. The zero-order chi connectivity index (χ0) is 16.0. The molecule has 0 radical (unpaired) electrons. The van der Waals surface area contributed by atoms with E-state index in [1.807, 2.05) is 0 Å². The Bertz CT molecular complexity index is 581. The summed E-state index contributed by atoms with van der Waals surface area (Å²) in [4.78, 5) is 0.269. The molecule has 124 valence electrons. The minimum absolute atomic E-state index is 0.269. The van der Waals surface area contributed by atoms with Crippen LogP contribution in [0.5, 0.6) is 5.75 Å². The Morgan fingerprint density at radius 3 is 2.50 bits per heavy atom. The number of hydrogen-bond donors (Lipinski definition) is 0. The average Bonchev–Trinajstić information content (AvgIpc) is 2.79. The molecule has 4 nitrogen and oxygen atoms in total. The van der Waals surface area contributed by atoms with Crippen molar-refractivity contribution in [3.05, 3.63) is 23.2 Å². The summed E-state index contributed by atoms with van der Waals surface area (Å²) < 4.78 is 32.7. The van der Waals surface area contributed by atoms with Crippen LogP contribution in [0.25, 0.3) is 0 Å². The number of rotatable bonds is 6. The first-order chi connectivity index (χ1) is 10.6. The Hall–Kier alpha value is -0.780. The lowest BCUT2D eigenvalue weighted by molar-refractivity contribution is 0.308. The van der Waals surface area contributed by atoms with Gasteiger partial charge in [-0.15, -0.1) is 0 Å². The van der Waals surface area contributed by atoms with Crippen molar-refractivity contribution in [2.75, 3.05) is 19.7 Å². The Kier molecular flexibility index (Phi) is 6.53. The van der Waals surface area contributed by atoms with E-state index in [2.05, 4.69) is 6.92 Å². The molecule has 22 heavy (non-hydrogen) atoms. The smallest absolute Gasteiger partial charge is 0.243 e. The van der Waals surface area contributed by atoms with Crippen molar-refractivity contribution in [3.63, 3.8) is 0 Å². The van der Waals surface area contributed by atoms with Crippen molar-refractivity contribution in [2.45, 2.75) is 50.3 Å². The fourth-order valence-electron chi connectivity index (χ4n) is 2.51. The summed E-state index contributed by atoms with van der Waals surface area (Å²) in [5.41, 5.74) is 0. The average molecular weight is 346 g/mol. The van der Waals surface area contributed by atoms with Crippen LogP contribution in [-0.2, 0) is 10.0 Å². The topological polar surface area (TPSA) is 46.6 Å². The molecule has 1 saturated heterocycles. The highest BCUT2D eigenvalue weighted by Crippen LogP contribution is 2.30. The molecule has 1 aromatic rings. The van der Waals surface area contributed by atoms with Crippen molar-refractivity contribution >= 4 is 21.6 Å². The molecule has 0 aliphatic carbocycles. The third kappa shape index (κ3) is 4.37. The van der Waals surface area contributed by atoms with Crippen LogP contribution in [0.15, 0.2) is 23.1 Å². The Morgan fingerprint density at radius 1 is 1.18 bits per heavy atom. The quantitative estimate of drug-likeness (QED) is 0.730. The number of sulfonamides is 1. The third-order valence-electron chi connectivity index (χ3n) is 3.86. The molecule has 1 fully saturated rings. The van der Waals surface area contributed by atoms with Gasteiger partial charge in [0.25, 0.3) is 0 Å². The number of ether oxygens (including phenoxy) is 1. The lowest BCUT2D eigenvalue weighted by Gasteiger charge is -2.20. The molecule has 0 unspecified atom stereocenters. The molecule has 1 aliphatic heterocycles. The van der Waals surface area contributed by atoms with Gasteiger partial charge in [-0.2, -0.15) is 4.31 Å². The molecule has 1 aliphatic rings. The van der Waals surface area contributed by atoms with Crippen LogP contribution in [0, 0.1) is 0 Å². The SMILES string of the molecule is CCCCOc1cc(S(=O)(=O)N2CCCCCC2)ccc1Cl. The normalized spacial score (nSPS) is 17.2. The van der Waals surface area contributed by atoms with Crippen LogP contribution in [0.3, 0.4) is 0 Å². The molecule has 2 rings (SSSR count). The minimum Gasteiger partial charge on any atom is -0.492 e. The molecule has 1 aromatic carbocycles. The van der Waals surface area contributed by atoms with Gasteiger partial charge in [-0.3, -0.25) is 0 Å². The van der Waals surface area contributed by atoms with Crippen molar-refractivity contribution in [1.29, 1.82) is 0 Å². The highest BCUT2D eigenvalue weighted by Gasteiger charge is 2.25. The Balaban J connectivity index is 2.20. The first-order valence-electron chi connectivity index (χ1n) is 7.98. The monoisotopic (exact) mass is 345 g/mol. The molecule has 0 spiro atoms. The standard InChI is InChI=1S/C16H24ClNO3S/c1-2-3-12-21-16-13-14(8-9-15(16)17)22(19,20)18-10-6-4-5-7-11-18/h8-9,13H,2-7,10-12H2,1H3. The predicted molar refractivity (Wildman–Crippen MR) is 89.1 cm³/mol. The van der Waals surface area contributed by atoms with Gasteiger partial charge in [-0.1, -0.05) is 37.8 Å². The minimum atomic E-state index is -3.46. The maximum atomic E-state index is 12.8. The van der Waals surface area contributed by atoms with Crippen molar-refractivity contribution in [3.8, 4) is 5.75 Å². The lowest BCUT2D eigenvalue weighted by Crippen LogP contribution is -2.31. The van der Waals surface area contributed by atoms with Gasteiger partial charge in [0.1, 0.15) is 5.75 Å². The van der Waals surface area contributed by atoms with E-state index in [1.54, 1.807) is 22.5 Å². The first-order valence-corrected chi connectivity index (χ1v) is 9.80. The van der Waals surface area contributed by atoms with Crippen LogP contribution in [0.2, 0.25) is 5.02 Å². The second-order valence-corrected chi connectivity index (χ2v) is 7.96. The van der Waals surface area contributed by atoms with Gasteiger partial charge in [0.2, 0.25) is 10.0 Å². The molecule has 0 amide bonds. The van der Waals surface area contributed by atoms with E-state index >= 15 is 0 Å². The van der Waals surface area contributed by atoms with Crippen molar-refractivity contribution in [1.82, 2.24) is 4.31 Å². The fraction of sp³-hybridized carbons (Fsp3) is 0.625. The largest absolute Gasteiger partial charge is 0.492 e. The Labute approximate surface area is 138 Å². The maximum absolute atomic E-state index is 12.8. The third-order valence-corrected chi connectivity index (χ3v) is 6.07. The zero-order valence-electron chi connectivity index (χ0n) is 13.1. The summed E-state index contributed by atoms with van der Waals surface area (Å²) in [5.74, 6) is 0.450. The highest BCUT2D eigenvalue weighted by atomic mass is 35.5. The van der Waals surface area contributed by atoms with Crippen molar-refractivity contribution < 1.29 is 13.2 Å².